The highest BCUT2D eigenvalue weighted by Gasteiger charge is 2.24. The van der Waals surface area contributed by atoms with Gasteiger partial charge in [0, 0.05) is 5.56 Å². The first-order valence-electron chi connectivity index (χ1n) is 5.77. The van der Waals surface area contributed by atoms with Crippen LogP contribution in [0.2, 0.25) is 0 Å². The molecule has 0 N–H and O–H groups in total. The van der Waals surface area contributed by atoms with Gasteiger partial charge in [0.2, 0.25) is 0 Å². The summed E-state index contributed by atoms with van der Waals surface area (Å²) >= 11 is 5.50. The Morgan fingerprint density at radius 2 is 2.28 bits per heavy atom. The van der Waals surface area contributed by atoms with Crippen molar-refractivity contribution in [2.24, 2.45) is 4.99 Å². The molecule has 1 aromatic carbocycles. The Morgan fingerprint density at radius 3 is 3.00 bits per heavy atom. The molecule has 0 radical (unpaired) electrons. The minimum atomic E-state index is -0.397. The summed E-state index contributed by atoms with van der Waals surface area (Å²) in [4.78, 5) is 17.8. The van der Waals surface area contributed by atoms with Gasteiger partial charge in [-0.2, -0.15) is 0 Å². The fourth-order valence-corrected chi connectivity index (χ4v) is 1.98. The zero-order chi connectivity index (χ0) is 13.1. The van der Waals surface area contributed by atoms with E-state index < -0.39 is 6.09 Å². The van der Waals surface area contributed by atoms with E-state index in [0.29, 0.717) is 18.3 Å². The number of benzene rings is 1. The molecule has 0 saturated heterocycles. The summed E-state index contributed by atoms with van der Waals surface area (Å²) in [6.07, 6.45) is -0.397. The Kier molecular flexibility index (Phi) is 3.87. The van der Waals surface area contributed by atoms with Crippen molar-refractivity contribution in [3.63, 3.8) is 0 Å². The molecule has 1 aliphatic heterocycles. The molecule has 2 rings (SSSR count). The maximum Gasteiger partial charge on any atom is 0.415 e. The van der Waals surface area contributed by atoms with E-state index in [1.807, 2.05) is 25.1 Å². The molecule has 0 atom stereocenters. The molecule has 18 heavy (non-hydrogen) atoms. The first kappa shape index (κ1) is 12.9. The molecule has 1 aliphatic rings. The quantitative estimate of drug-likeness (QED) is 0.771. The summed E-state index contributed by atoms with van der Waals surface area (Å²) in [7, 11) is 0. The highest BCUT2D eigenvalue weighted by Crippen LogP contribution is 2.28. The van der Waals surface area contributed by atoms with Gasteiger partial charge in [-0.25, -0.2) is 9.79 Å². The first-order chi connectivity index (χ1) is 8.63. The van der Waals surface area contributed by atoms with Crippen molar-refractivity contribution in [1.82, 2.24) is 4.90 Å². The van der Waals surface area contributed by atoms with Gasteiger partial charge in [-0.1, -0.05) is 12.1 Å². The van der Waals surface area contributed by atoms with Crippen molar-refractivity contribution in [2.75, 3.05) is 12.5 Å². The average molecular weight is 267 g/mol. The Balaban J connectivity index is 2.24. The number of carbonyl (C=O) groups excluding carboxylic acids is 1. The number of alkyl halides is 1. The minimum Gasteiger partial charge on any atom is -0.448 e. The fraction of sp³-hybridized carbons (Fsp3) is 0.385. The third-order valence-corrected chi connectivity index (χ3v) is 3.05. The molecule has 1 amide bonds. The SMILES string of the molecule is CC1=Nc2cccc(C)c2CN1C(=O)OCCCl. The molecule has 4 nitrogen and oxygen atoms in total. The lowest BCUT2D eigenvalue weighted by Crippen LogP contribution is -2.37. The van der Waals surface area contributed by atoms with Gasteiger partial charge in [-0.15, -0.1) is 11.6 Å². The van der Waals surface area contributed by atoms with Gasteiger partial charge in [0.05, 0.1) is 18.1 Å². The number of fused-ring (bicyclic) bond motifs is 1. The Hall–Kier alpha value is -1.55. The lowest BCUT2D eigenvalue weighted by Gasteiger charge is -2.27. The summed E-state index contributed by atoms with van der Waals surface area (Å²) in [6.45, 7) is 4.52. The van der Waals surface area contributed by atoms with Crippen molar-refractivity contribution in [2.45, 2.75) is 20.4 Å². The van der Waals surface area contributed by atoms with E-state index >= 15 is 0 Å². The van der Waals surface area contributed by atoms with Crippen LogP contribution in [0.25, 0.3) is 0 Å². The van der Waals surface area contributed by atoms with E-state index in [0.717, 1.165) is 16.8 Å². The number of rotatable bonds is 2. The number of carbonyl (C=O) groups is 1. The van der Waals surface area contributed by atoms with E-state index in [1.165, 1.54) is 4.90 Å². The highest BCUT2D eigenvalue weighted by molar-refractivity contribution is 6.18. The number of nitrogens with zero attached hydrogens (tertiary/aromatic N) is 2. The molecule has 5 heteroatoms. The smallest absolute Gasteiger partial charge is 0.415 e. The second kappa shape index (κ2) is 5.40. The average Bonchev–Trinajstić information content (AvgIpc) is 2.35. The number of ether oxygens (including phenoxy) is 1. The number of hydrogen-bond acceptors (Lipinski definition) is 3. The summed E-state index contributed by atoms with van der Waals surface area (Å²) < 4.78 is 5.03. The lowest BCUT2D eigenvalue weighted by atomic mass is 10.0. The van der Waals surface area contributed by atoms with Crippen LogP contribution < -0.4 is 0 Å². The zero-order valence-corrected chi connectivity index (χ0v) is 11.2. The van der Waals surface area contributed by atoms with Crippen LogP contribution in [0.1, 0.15) is 18.1 Å². The number of amidine groups is 1. The molecule has 0 bridgehead atoms. The van der Waals surface area contributed by atoms with E-state index in [4.69, 9.17) is 16.3 Å². The van der Waals surface area contributed by atoms with E-state index in [2.05, 4.69) is 4.99 Å². The highest BCUT2D eigenvalue weighted by atomic mass is 35.5. The first-order valence-corrected chi connectivity index (χ1v) is 6.31. The lowest BCUT2D eigenvalue weighted by molar-refractivity contribution is 0.126. The zero-order valence-electron chi connectivity index (χ0n) is 10.4. The van der Waals surface area contributed by atoms with E-state index in [-0.39, 0.29) is 6.61 Å². The second-order valence-electron chi connectivity index (χ2n) is 4.12. The molecule has 1 heterocycles. The molecular formula is C13H15ClN2O2. The van der Waals surface area contributed by atoms with Gasteiger partial charge in [0.25, 0.3) is 0 Å². The third-order valence-electron chi connectivity index (χ3n) is 2.90. The molecule has 0 aromatic heterocycles. The molecule has 0 aliphatic carbocycles. The fourth-order valence-electron chi connectivity index (χ4n) is 1.90. The largest absolute Gasteiger partial charge is 0.448 e. The summed E-state index contributed by atoms with van der Waals surface area (Å²) in [5.41, 5.74) is 3.11. The Labute approximate surface area is 111 Å². The van der Waals surface area contributed by atoms with E-state index in [1.54, 1.807) is 6.92 Å². The van der Waals surface area contributed by atoms with Crippen LogP contribution in [0.3, 0.4) is 0 Å². The van der Waals surface area contributed by atoms with Gasteiger partial charge in [-0.3, -0.25) is 4.90 Å². The Bertz CT molecular complexity index is 500. The number of amides is 1. The predicted molar refractivity (Wildman–Crippen MR) is 71.6 cm³/mol. The molecular weight excluding hydrogens is 252 g/mol. The van der Waals surface area contributed by atoms with Crippen molar-refractivity contribution >= 4 is 29.2 Å². The van der Waals surface area contributed by atoms with Gasteiger partial charge in [0.15, 0.2) is 0 Å². The van der Waals surface area contributed by atoms with Gasteiger partial charge in [0.1, 0.15) is 12.4 Å². The maximum absolute atomic E-state index is 11.9. The monoisotopic (exact) mass is 266 g/mol. The number of aryl methyl sites for hydroxylation is 1. The van der Waals surface area contributed by atoms with Crippen LogP contribution in [-0.2, 0) is 11.3 Å². The predicted octanol–water partition coefficient (Wildman–Crippen LogP) is 3.24. The third kappa shape index (κ3) is 2.48. The maximum atomic E-state index is 11.9. The number of halogens is 1. The topological polar surface area (TPSA) is 41.9 Å². The number of hydrogen-bond donors (Lipinski definition) is 0. The number of aliphatic imine (C=N–C) groups is 1. The van der Waals surface area contributed by atoms with Crippen LogP contribution in [0, 0.1) is 6.92 Å². The van der Waals surface area contributed by atoms with Crippen molar-refractivity contribution in [3.05, 3.63) is 29.3 Å². The molecule has 96 valence electrons. The van der Waals surface area contributed by atoms with Crippen molar-refractivity contribution < 1.29 is 9.53 Å². The summed E-state index contributed by atoms with van der Waals surface area (Å²) in [6, 6.07) is 5.93. The van der Waals surface area contributed by atoms with Crippen LogP contribution in [-0.4, -0.2) is 29.3 Å². The van der Waals surface area contributed by atoms with Gasteiger partial charge < -0.3 is 4.74 Å². The van der Waals surface area contributed by atoms with Crippen LogP contribution >= 0.6 is 11.6 Å². The van der Waals surface area contributed by atoms with Crippen LogP contribution in [0.5, 0.6) is 0 Å². The normalized spacial score (nSPS) is 13.9. The summed E-state index contributed by atoms with van der Waals surface area (Å²) in [5.74, 6) is 0.943. The van der Waals surface area contributed by atoms with Gasteiger partial charge >= 0.3 is 6.09 Å². The molecule has 0 fully saturated rings. The molecule has 0 spiro atoms. The molecule has 0 unspecified atom stereocenters. The minimum absolute atomic E-state index is 0.213. The van der Waals surface area contributed by atoms with Gasteiger partial charge in [-0.05, 0) is 25.5 Å². The second-order valence-corrected chi connectivity index (χ2v) is 4.50. The Morgan fingerprint density at radius 1 is 1.50 bits per heavy atom. The van der Waals surface area contributed by atoms with Crippen molar-refractivity contribution in [1.29, 1.82) is 0 Å². The van der Waals surface area contributed by atoms with Crippen LogP contribution in [0.15, 0.2) is 23.2 Å². The van der Waals surface area contributed by atoms with E-state index in [9.17, 15) is 4.79 Å². The van der Waals surface area contributed by atoms with Crippen molar-refractivity contribution in [3.8, 4) is 0 Å². The van der Waals surface area contributed by atoms with Crippen LogP contribution in [0.4, 0.5) is 10.5 Å². The summed E-state index contributed by atoms with van der Waals surface area (Å²) in [5, 5.41) is 0. The molecule has 1 aromatic rings. The standard InChI is InChI=1S/C13H15ClN2O2/c1-9-4-3-5-12-11(9)8-16(10(2)15-12)13(17)18-7-6-14/h3-5H,6-8H2,1-2H3. The molecule has 0 saturated carbocycles.